The van der Waals surface area contributed by atoms with Crippen molar-refractivity contribution in [1.29, 1.82) is 0 Å². The summed E-state index contributed by atoms with van der Waals surface area (Å²) in [5, 5.41) is 3.07. The Bertz CT molecular complexity index is 421. The van der Waals surface area contributed by atoms with E-state index in [1.807, 2.05) is 0 Å². The van der Waals surface area contributed by atoms with Crippen LogP contribution in [0.4, 0.5) is 18.9 Å². The van der Waals surface area contributed by atoms with Crippen molar-refractivity contribution in [1.82, 2.24) is 0 Å². The van der Waals surface area contributed by atoms with Gasteiger partial charge in [0.15, 0.2) is 0 Å². The fraction of sp³-hybridized carbons (Fsp3) is 0.571. The number of hydrogen-bond acceptors (Lipinski definition) is 3. The molecule has 0 aliphatic rings. The van der Waals surface area contributed by atoms with E-state index in [4.69, 9.17) is 10.5 Å². The molecule has 0 heterocycles. The normalized spacial score (nSPS) is 13.3. The van der Waals surface area contributed by atoms with Crippen LogP contribution in [0.3, 0.4) is 0 Å². The number of anilines is 1. The SMILES string of the molecule is COCC(CCCN)Nc1ccc(C)c(C(F)(F)F)c1. The standard InChI is InChI=1S/C14H21F3N2O/c1-10-5-6-11(8-13(10)14(15,16)17)19-12(9-20-2)4-3-7-18/h5-6,8,12,19H,3-4,7,9,18H2,1-2H3. The lowest BCUT2D eigenvalue weighted by Crippen LogP contribution is -2.26. The van der Waals surface area contributed by atoms with Crippen molar-refractivity contribution in [2.24, 2.45) is 5.73 Å². The molecular formula is C14H21F3N2O. The highest BCUT2D eigenvalue weighted by Crippen LogP contribution is 2.33. The largest absolute Gasteiger partial charge is 0.416 e. The predicted octanol–water partition coefficient (Wildman–Crippen LogP) is 3.18. The molecule has 0 aliphatic heterocycles. The first-order valence-electron chi connectivity index (χ1n) is 6.52. The van der Waals surface area contributed by atoms with Crippen LogP contribution in [0.5, 0.6) is 0 Å². The van der Waals surface area contributed by atoms with Crippen LogP contribution in [0.1, 0.15) is 24.0 Å². The first kappa shape index (κ1) is 16.8. The molecule has 1 atom stereocenters. The van der Waals surface area contributed by atoms with Crippen LogP contribution in [0.15, 0.2) is 18.2 Å². The number of nitrogens with one attached hydrogen (secondary N) is 1. The number of ether oxygens (including phenoxy) is 1. The lowest BCUT2D eigenvalue weighted by molar-refractivity contribution is -0.138. The monoisotopic (exact) mass is 290 g/mol. The zero-order valence-corrected chi connectivity index (χ0v) is 11.8. The summed E-state index contributed by atoms with van der Waals surface area (Å²) in [5.74, 6) is 0. The number of halogens is 3. The third-order valence-electron chi connectivity index (χ3n) is 3.04. The third-order valence-corrected chi connectivity index (χ3v) is 3.04. The minimum Gasteiger partial charge on any atom is -0.383 e. The summed E-state index contributed by atoms with van der Waals surface area (Å²) < 4.78 is 43.6. The Hall–Kier alpha value is -1.27. The van der Waals surface area contributed by atoms with E-state index in [1.54, 1.807) is 13.2 Å². The molecular weight excluding hydrogens is 269 g/mol. The summed E-state index contributed by atoms with van der Waals surface area (Å²) in [6.45, 7) is 2.42. The number of hydrogen-bond donors (Lipinski definition) is 2. The maximum absolute atomic E-state index is 12.8. The number of aryl methyl sites for hydroxylation is 1. The zero-order chi connectivity index (χ0) is 15.2. The molecule has 1 unspecified atom stereocenters. The van der Waals surface area contributed by atoms with E-state index in [2.05, 4.69) is 5.32 Å². The highest BCUT2D eigenvalue weighted by Gasteiger charge is 2.32. The van der Waals surface area contributed by atoms with Gasteiger partial charge in [-0.15, -0.1) is 0 Å². The van der Waals surface area contributed by atoms with Gasteiger partial charge in [0.05, 0.1) is 12.2 Å². The molecule has 3 N–H and O–H groups in total. The molecule has 114 valence electrons. The van der Waals surface area contributed by atoms with Crippen LogP contribution in [0, 0.1) is 6.92 Å². The van der Waals surface area contributed by atoms with Crippen molar-refractivity contribution < 1.29 is 17.9 Å². The van der Waals surface area contributed by atoms with E-state index in [9.17, 15) is 13.2 Å². The van der Waals surface area contributed by atoms with Gasteiger partial charge in [0, 0.05) is 18.8 Å². The lowest BCUT2D eigenvalue weighted by atomic mass is 10.1. The summed E-state index contributed by atoms with van der Waals surface area (Å²) in [6.07, 6.45) is -2.80. The first-order chi connectivity index (χ1) is 9.38. The topological polar surface area (TPSA) is 47.3 Å². The summed E-state index contributed by atoms with van der Waals surface area (Å²) in [4.78, 5) is 0. The number of rotatable bonds is 7. The second kappa shape index (κ2) is 7.50. The Kier molecular flexibility index (Phi) is 6.29. The van der Waals surface area contributed by atoms with Crippen molar-refractivity contribution in [3.8, 4) is 0 Å². The molecule has 1 aromatic carbocycles. The molecule has 20 heavy (non-hydrogen) atoms. The number of benzene rings is 1. The Balaban J connectivity index is 2.85. The molecule has 0 aromatic heterocycles. The van der Waals surface area contributed by atoms with Gasteiger partial charge in [-0.05, 0) is 44.0 Å². The van der Waals surface area contributed by atoms with Gasteiger partial charge < -0.3 is 15.8 Å². The fourth-order valence-corrected chi connectivity index (χ4v) is 2.02. The molecule has 0 spiro atoms. The van der Waals surface area contributed by atoms with Gasteiger partial charge in [-0.1, -0.05) is 6.07 Å². The van der Waals surface area contributed by atoms with Gasteiger partial charge in [-0.2, -0.15) is 13.2 Å². The molecule has 0 amide bonds. The van der Waals surface area contributed by atoms with Crippen molar-refractivity contribution >= 4 is 5.69 Å². The van der Waals surface area contributed by atoms with Gasteiger partial charge in [-0.3, -0.25) is 0 Å². The molecule has 0 aliphatic carbocycles. The lowest BCUT2D eigenvalue weighted by Gasteiger charge is -2.20. The quantitative estimate of drug-likeness (QED) is 0.811. The minimum atomic E-state index is -4.34. The Morgan fingerprint density at radius 2 is 2.05 bits per heavy atom. The number of alkyl halides is 3. The molecule has 0 fully saturated rings. The molecule has 0 bridgehead atoms. The molecule has 0 saturated carbocycles. The van der Waals surface area contributed by atoms with Crippen molar-refractivity contribution in [3.63, 3.8) is 0 Å². The van der Waals surface area contributed by atoms with Crippen molar-refractivity contribution in [2.45, 2.75) is 32.0 Å². The van der Waals surface area contributed by atoms with E-state index >= 15 is 0 Å². The van der Waals surface area contributed by atoms with Crippen LogP contribution in [-0.2, 0) is 10.9 Å². The second-order valence-corrected chi connectivity index (χ2v) is 4.75. The maximum atomic E-state index is 12.8. The summed E-state index contributed by atoms with van der Waals surface area (Å²) in [6, 6.07) is 4.21. The molecule has 6 heteroatoms. The van der Waals surface area contributed by atoms with Crippen LogP contribution < -0.4 is 11.1 Å². The Labute approximate surface area is 117 Å². The van der Waals surface area contributed by atoms with Crippen molar-refractivity contribution in [3.05, 3.63) is 29.3 Å². The van der Waals surface area contributed by atoms with Crippen LogP contribution in [0.2, 0.25) is 0 Å². The van der Waals surface area contributed by atoms with Gasteiger partial charge in [0.1, 0.15) is 0 Å². The number of nitrogens with two attached hydrogens (primary N) is 1. The molecule has 1 aromatic rings. The molecule has 1 rings (SSSR count). The average Bonchev–Trinajstić information content (AvgIpc) is 2.37. The van der Waals surface area contributed by atoms with Gasteiger partial charge in [0.25, 0.3) is 0 Å². The maximum Gasteiger partial charge on any atom is 0.416 e. The van der Waals surface area contributed by atoms with Gasteiger partial charge >= 0.3 is 6.18 Å². The van der Waals surface area contributed by atoms with Crippen LogP contribution in [0.25, 0.3) is 0 Å². The Morgan fingerprint density at radius 3 is 2.60 bits per heavy atom. The van der Waals surface area contributed by atoms with E-state index in [-0.39, 0.29) is 11.6 Å². The van der Waals surface area contributed by atoms with Crippen LogP contribution >= 0.6 is 0 Å². The zero-order valence-electron chi connectivity index (χ0n) is 11.8. The predicted molar refractivity (Wildman–Crippen MR) is 73.8 cm³/mol. The highest BCUT2D eigenvalue weighted by atomic mass is 19.4. The molecule has 0 radical (unpaired) electrons. The fourth-order valence-electron chi connectivity index (χ4n) is 2.02. The third kappa shape index (κ3) is 5.02. The smallest absolute Gasteiger partial charge is 0.383 e. The first-order valence-corrected chi connectivity index (χ1v) is 6.52. The van der Waals surface area contributed by atoms with Gasteiger partial charge in [0.2, 0.25) is 0 Å². The number of methoxy groups -OCH3 is 1. The van der Waals surface area contributed by atoms with E-state index in [0.717, 1.165) is 18.9 Å². The van der Waals surface area contributed by atoms with E-state index < -0.39 is 11.7 Å². The molecule has 0 saturated heterocycles. The van der Waals surface area contributed by atoms with Crippen molar-refractivity contribution in [2.75, 3.05) is 25.6 Å². The average molecular weight is 290 g/mol. The van der Waals surface area contributed by atoms with E-state index in [0.29, 0.717) is 18.8 Å². The second-order valence-electron chi connectivity index (χ2n) is 4.75. The van der Waals surface area contributed by atoms with Crippen LogP contribution in [-0.4, -0.2) is 26.3 Å². The summed E-state index contributed by atoms with van der Waals surface area (Å²) in [7, 11) is 1.56. The van der Waals surface area contributed by atoms with E-state index in [1.165, 1.54) is 13.0 Å². The molecule has 3 nitrogen and oxygen atoms in total. The minimum absolute atomic E-state index is 0.0488. The summed E-state index contributed by atoms with van der Waals surface area (Å²) >= 11 is 0. The highest BCUT2D eigenvalue weighted by molar-refractivity contribution is 5.50. The Morgan fingerprint density at radius 1 is 1.35 bits per heavy atom. The summed E-state index contributed by atoms with van der Waals surface area (Å²) in [5.41, 5.74) is 5.50. The van der Waals surface area contributed by atoms with Gasteiger partial charge in [-0.25, -0.2) is 0 Å².